The highest BCUT2D eigenvalue weighted by molar-refractivity contribution is 5.68. The number of nitrogens with two attached hydrogens (primary N) is 1. The van der Waals surface area contributed by atoms with Gasteiger partial charge in [-0.2, -0.15) is 0 Å². The number of aryl methyl sites for hydroxylation is 1. The minimum atomic E-state index is -0.438. The molecular formula is C16H27N3O2. The van der Waals surface area contributed by atoms with E-state index in [-0.39, 0.29) is 6.09 Å². The van der Waals surface area contributed by atoms with Crippen LogP contribution in [0.4, 0.5) is 10.6 Å². The van der Waals surface area contributed by atoms with E-state index >= 15 is 0 Å². The highest BCUT2D eigenvalue weighted by Crippen LogP contribution is 2.30. The Hall–Kier alpha value is -1.65. The number of nitrogen functional groups attached to an aromatic ring is 1. The van der Waals surface area contributed by atoms with Crippen LogP contribution in [0.25, 0.3) is 0 Å². The average Bonchev–Trinajstić information content (AvgIpc) is 2.61. The molecule has 5 heteroatoms. The van der Waals surface area contributed by atoms with Gasteiger partial charge in [-0.3, -0.25) is 0 Å². The first-order valence-corrected chi connectivity index (χ1v) is 7.61. The maximum absolute atomic E-state index is 12.1. The zero-order valence-corrected chi connectivity index (χ0v) is 13.8. The van der Waals surface area contributed by atoms with Gasteiger partial charge in [-0.15, -0.1) is 0 Å². The van der Waals surface area contributed by atoms with Gasteiger partial charge in [0.05, 0.1) is 0 Å². The molecule has 2 heterocycles. The van der Waals surface area contributed by atoms with Gasteiger partial charge < -0.3 is 19.9 Å². The molecule has 1 aliphatic rings. The van der Waals surface area contributed by atoms with Crippen molar-refractivity contribution in [3.8, 4) is 0 Å². The molecule has 1 amide bonds. The second-order valence-corrected chi connectivity index (χ2v) is 6.91. The number of carbonyl (C=O) groups excluding carboxylic acids is 1. The number of aromatic nitrogens is 1. The van der Waals surface area contributed by atoms with Gasteiger partial charge in [0.2, 0.25) is 0 Å². The quantitative estimate of drug-likeness (QED) is 0.864. The number of likely N-dealkylation sites (tertiary alicyclic amines) is 1. The molecular weight excluding hydrogens is 266 g/mol. The molecule has 1 aromatic rings. The maximum Gasteiger partial charge on any atom is 0.410 e. The van der Waals surface area contributed by atoms with Crippen LogP contribution in [0, 0.1) is 13.8 Å². The lowest BCUT2D eigenvalue weighted by molar-refractivity contribution is 0.0189. The van der Waals surface area contributed by atoms with Gasteiger partial charge >= 0.3 is 6.09 Å². The van der Waals surface area contributed by atoms with Crippen LogP contribution in [0.3, 0.4) is 0 Å². The van der Waals surface area contributed by atoms with Crippen LogP contribution in [-0.2, 0) is 4.74 Å². The van der Waals surface area contributed by atoms with Crippen LogP contribution < -0.4 is 5.73 Å². The number of hydrogen-bond acceptors (Lipinski definition) is 3. The molecule has 1 aliphatic heterocycles. The Morgan fingerprint density at radius 3 is 2.29 bits per heavy atom. The summed E-state index contributed by atoms with van der Waals surface area (Å²) in [7, 11) is 0. The number of carbonyl (C=O) groups is 1. The monoisotopic (exact) mass is 293 g/mol. The van der Waals surface area contributed by atoms with Crippen molar-refractivity contribution in [2.45, 2.75) is 59.1 Å². The third kappa shape index (κ3) is 3.52. The number of piperidine rings is 1. The van der Waals surface area contributed by atoms with Crippen molar-refractivity contribution in [2.24, 2.45) is 0 Å². The van der Waals surface area contributed by atoms with Gasteiger partial charge in [0.1, 0.15) is 11.4 Å². The van der Waals surface area contributed by atoms with Crippen LogP contribution in [0.1, 0.15) is 50.9 Å². The number of hydrogen-bond donors (Lipinski definition) is 1. The lowest BCUT2D eigenvalue weighted by atomic mass is 10.0. The third-order valence-corrected chi connectivity index (χ3v) is 4.06. The predicted octanol–water partition coefficient (Wildman–Crippen LogP) is 3.26. The minimum Gasteiger partial charge on any atom is -0.444 e. The molecule has 0 bridgehead atoms. The van der Waals surface area contributed by atoms with Crippen LogP contribution in [0.15, 0.2) is 6.07 Å². The summed E-state index contributed by atoms with van der Waals surface area (Å²) >= 11 is 0. The predicted molar refractivity (Wildman–Crippen MR) is 84.4 cm³/mol. The topological polar surface area (TPSA) is 60.5 Å². The first-order chi connectivity index (χ1) is 9.69. The van der Waals surface area contributed by atoms with Crippen molar-refractivity contribution in [3.05, 3.63) is 17.3 Å². The summed E-state index contributed by atoms with van der Waals surface area (Å²) in [6.07, 6.45) is 1.62. The summed E-state index contributed by atoms with van der Waals surface area (Å²) in [4.78, 5) is 13.9. The molecule has 21 heavy (non-hydrogen) atoms. The molecule has 0 aromatic carbocycles. The Kier molecular flexibility index (Phi) is 4.21. The normalized spacial score (nSPS) is 17.1. The summed E-state index contributed by atoms with van der Waals surface area (Å²) in [5.41, 5.74) is 8.12. The van der Waals surface area contributed by atoms with E-state index in [4.69, 9.17) is 10.5 Å². The first kappa shape index (κ1) is 15.7. The van der Waals surface area contributed by atoms with Gasteiger partial charge in [0, 0.05) is 24.8 Å². The average molecular weight is 293 g/mol. The second-order valence-electron chi connectivity index (χ2n) is 6.91. The second kappa shape index (κ2) is 5.62. The van der Waals surface area contributed by atoms with Gasteiger partial charge in [0.15, 0.2) is 0 Å². The summed E-state index contributed by atoms with van der Waals surface area (Å²) in [6, 6.07) is 2.40. The zero-order valence-electron chi connectivity index (χ0n) is 13.8. The molecule has 0 unspecified atom stereocenters. The summed E-state index contributed by atoms with van der Waals surface area (Å²) in [5, 5.41) is 0. The minimum absolute atomic E-state index is 0.214. The molecule has 1 fully saturated rings. The standard InChI is InChI=1S/C16H27N3O2/c1-11-10-14(17)19(12(11)2)13-6-8-18(9-7-13)15(20)21-16(3,4)5/h10,13H,6-9,17H2,1-5H3. The van der Waals surface area contributed by atoms with Gasteiger partial charge in [-0.25, -0.2) is 4.79 Å². The van der Waals surface area contributed by atoms with E-state index in [9.17, 15) is 4.79 Å². The zero-order chi connectivity index (χ0) is 15.8. The molecule has 1 aromatic heterocycles. The Morgan fingerprint density at radius 1 is 1.29 bits per heavy atom. The molecule has 1 saturated heterocycles. The molecule has 0 saturated carbocycles. The Morgan fingerprint density at radius 2 is 1.86 bits per heavy atom. The van der Waals surface area contributed by atoms with E-state index in [0.717, 1.165) is 31.7 Å². The van der Waals surface area contributed by atoms with Gasteiger partial charge in [0.25, 0.3) is 0 Å². The van der Waals surface area contributed by atoms with Crippen molar-refractivity contribution in [1.82, 2.24) is 9.47 Å². The van der Waals surface area contributed by atoms with Gasteiger partial charge in [-0.05, 0) is 59.1 Å². The lowest BCUT2D eigenvalue weighted by Gasteiger charge is -2.34. The maximum atomic E-state index is 12.1. The number of rotatable bonds is 1. The van der Waals surface area contributed by atoms with E-state index in [1.54, 1.807) is 4.90 Å². The number of nitrogens with zero attached hydrogens (tertiary/aromatic N) is 2. The van der Waals surface area contributed by atoms with E-state index < -0.39 is 5.60 Å². The summed E-state index contributed by atoms with van der Waals surface area (Å²) in [6.45, 7) is 11.3. The largest absolute Gasteiger partial charge is 0.444 e. The van der Waals surface area contributed by atoms with Crippen molar-refractivity contribution >= 4 is 11.9 Å². The van der Waals surface area contributed by atoms with E-state index in [1.807, 2.05) is 26.8 Å². The fraction of sp³-hybridized carbons (Fsp3) is 0.688. The van der Waals surface area contributed by atoms with Crippen molar-refractivity contribution < 1.29 is 9.53 Å². The number of amides is 1. The molecule has 118 valence electrons. The molecule has 5 nitrogen and oxygen atoms in total. The first-order valence-electron chi connectivity index (χ1n) is 7.61. The molecule has 2 N–H and O–H groups in total. The van der Waals surface area contributed by atoms with E-state index in [1.165, 1.54) is 11.3 Å². The number of ether oxygens (including phenoxy) is 1. The molecule has 0 radical (unpaired) electrons. The van der Waals surface area contributed by atoms with Crippen LogP contribution in [0.5, 0.6) is 0 Å². The third-order valence-electron chi connectivity index (χ3n) is 4.06. The van der Waals surface area contributed by atoms with E-state index in [2.05, 4.69) is 18.4 Å². The summed E-state index contributed by atoms with van der Waals surface area (Å²) in [5.74, 6) is 0.820. The van der Waals surface area contributed by atoms with E-state index in [0.29, 0.717) is 6.04 Å². The number of anilines is 1. The lowest BCUT2D eigenvalue weighted by Crippen LogP contribution is -2.42. The fourth-order valence-electron chi connectivity index (χ4n) is 2.90. The Bertz CT molecular complexity index is 520. The molecule has 2 rings (SSSR count). The highest BCUT2D eigenvalue weighted by Gasteiger charge is 2.28. The van der Waals surface area contributed by atoms with Crippen LogP contribution in [0.2, 0.25) is 0 Å². The SMILES string of the molecule is Cc1cc(N)n(C2CCN(C(=O)OC(C)(C)C)CC2)c1C. The van der Waals surface area contributed by atoms with Crippen molar-refractivity contribution in [2.75, 3.05) is 18.8 Å². The highest BCUT2D eigenvalue weighted by atomic mass is 16.6. The van der Waals surface area contributed by atoms with Crippen LogP contribution >= 0.6 is 0 Å². The van der Waals surface area contributed by atoms with Crippen LogP contribution in [-0.4, -0.2) is 34.3 Å². The Labute approximate surface area is 127 Å². The molecule has 0 atom stereocenters. The fourth-order valence-corrected chi connectivity index (χ4v) is 2.90. The molecule has 0 spiro atoms. The van der Waals surface area contributed by atoms with Gasteiger partial charge in [-0.1, -0.05) is 0 Å². The smallest absolute Gasteiger partial charge is 0.410 e. The van der Waals surface area contributed by atoms with Crippen molar-refractivity contribution in [1.29, 1.82) is 0 Å². The van der Waals surface area contributed by atoms with Crippen molar-refractivity contribution in [3.63, 3.8) is 0 Å². The molecule has 0 aliphatic carbocycles. The Balaban J connectivity index is 1.99. The summed E-state index contributed by atoms with van der Waals surface area (Å²) < 4.78 is 7.64.